The van der Waals surface area contributed by atoms with Gasteiger partial charge in [0.25, 0.3) is 5.91 Å². The van der Waals surface area contributed by atoms with E-state index < -0.39 is 0 Å². The van der Waals surface area contributed by atoms with Gasteiger partial charge in [0.05, 0.1) is 0 Å². The molecule has 0 saturated carbocycles. The second kappa shape index (κ2) is 8.71. The normalized spacial score (nSPS) is 15.1. The topological polar surface area (TPSA) is 61.4 Å². The highest BCUT2D eigenvalue weighted by Crippen LogP contribution is 2.10. The van der Waals surface area contributed by atoms with Crippen LogP contribution in [0.3, 0.4) is 0 Å². The molecule has 6 nitrogen and oxygen atoms in total. The summed E-state index contributed by atoms with van der Waals surface area (Å²) in [5.74, 6) is 0.206. The van der Waals surface area contributed by atoms with Crippen molar-refractivity contribution in [3.8, 4) is 0 Å². The second-order valence-corrected chi connectivity index (χ2v) is 6.45. The third kappa shape index (κ3) is 4.76. The van der Waals surface area contributed by atoms with Gasteiger partial charge in [0, 0.05) is 50.7 Å². The van der Waals surface area contributed by atoms with Gasteiger partial charge in [-0.1, -0.05) is 6.07 Å². The van der Waals surface area contributed by atoms with Crippen molar-refractivity contribution >= 4 is 11.9 Å². The summed E-state index contributed by atoms with van der Waals surface area (Å²) in [6.45, 7) is 6.89. The summed E-state index contributed by atoms with van der Waals surface area (Å²) in [5, 5.41) is 2.86. The van der Waals surface area contributed by atoms with Crippen LogP contribution >= 0.6 is 0 Å². The Balaban J connectivity index is 1.35. The van der Waals surface area contributed by atoms with Crippen LogP contribution in [0, 0.1) is 12.7 Å². The minimum Gasteiger partial charge on any atom is -0.352 e. The number of halogens is 1. The Morgan fingerprint density at radius 1 is 1.19 bits per heavy atom. The summed E-state index contributed by atoms with van der Waals surface area (Å²) in [6.07, 6.45) is 4.39. The first-order valence-electron chi connectivity index (χ1n) is 8.92. The van der Waals surface area contributed by atoms with Crippen molar-refractivity contribution in [3.63, 3.8) is 0 Å². The number of anilines is 1. The standard InChI is InChI=1S/C19H24FN5O/c1-15-4-5-16(14-17(15)20)18(26)21-8-3-9-24-10-12-25(13-11-24)19-22-6-2-7-23-19/h2,4-7,14H,3,8-13H2,1H3,(H,21,26). The van der Waals surface area contributed by atoms with Crippen molar-refractivity contribution in [1.29, 1.82) is 0 Å². The molecule has 26 heavy (non-hydrogen) atoms. The fraction of sp³-hybridized carbons (Fsp3) is 0.421. The molecule has 1 amide bonds. The molecule has 2 aromatic rings. The van der Waals surface area contributed by atoms with Gasteiger partial charge in [-0.3, -0.25) is 9.69 Å². The van der Waals surface area contributed by atoms with E-state index in [2.05, 4.69) is 25.1 Å². The number of nitrogens with one attached hydrogen (secondary N) is 1. The number of aryl methyl sites for hydroxylation is 1. The van der Waals surface area contributed by atoms with Gasteiger partial charge in [0.2, 0.25) is 5.95 Å². The Morgan fingerprint density at radius 2 is 1.92 bits per heavy atom. The molecular formula is C19H24FN5O. The van der Waals surface area contributed by atoms with Crippen molar-refractivity contribution in [2.45, 2.75) is 13.3 Å². The van der Waals surface area contributed by atoms with E-state index in [0.29, 0.717) is 17.7 Å². The van der Waals surface area contributed by atoms with Crippen LogP contribution in [0.2, 0.25) is 0 Å². The summed E-state index contributed by atoms with van der Waals surface area (Å²) in [4.78, 5) is 25.2. The van der Waals surface area contributed by atoms with Crippen molar-refractivity contribution in [1.82, 2.24) is 20.2 Å². The largest absolute Gasteiger partial charge is 0.352 e. The molecule has 1 fully saturated rings. The third-order valence-electron chi connectivity index (χ3n) is 4.58. The lowest BCUT2D eigenvalue weighted by Crippen LogP contribution is -2.47. The number of piperazine rings is 1. The van der Waals surface area contributed by atoms with Gasteiger partial charge < -0.3 is 10.2 Å². The maximum Gasteiger partial charge on any atom is 0.251 e. The van der Waals surface area contributed by atoms with Crippen molar-refractivity contribution in [3.05, 3.63) is 53.6 Å². The molecule has 3 rings (SSSR count). The summed E-state index contributed by atoms with van der Waals surface area (Å²) < 4.78 is 13.5. The average Bonchev–Trinajstić information content (AvgIpc) is 2.68. The average molecular weight is 357 g/mol. The maximum atomic E-state index is 13.5. The summed E-state index contributed by atoms with van der Waals surface area (Å²) in [6, 6.07) is 6.38. The lowest BCUT2D eigenvalue weighted by molar-refractivity contribution is 0.0951. The molecule has 0 unspecified atom stereocenters. The number of rotatable bonds is 6. The zero-order valence-corrected chi connectivity index (χ0v) is 15.0. The molecule has 0 radical (unpaired) electrons. The lowest BCUT2D eigenvalue weighted by Gasteiger charge is -2.34. The minimum atomic E-state index is -0.349. The van der Waals surface area contributed by atoms with E-state index in [-0.39, 0.29) is 11.7 Å². The third-order valence-corrected chi connectivity index (χ3v) is 4.58. The summed E-state index contributed by atoms with van der Waals surface area (Å²) in [5.41, 5.74) is 0.908. The van der Waals surface area contributed by atoms with E-state index in [1.807, 2.05) is 6.07 Å². The second-order valence-electron chi connectivity index (χ2n) is 6.45. The number of aromatic nitrogens is 2. The zero-order valence-electron chi connectivity index (χ0n) is 15.0. The van der Waals surface area contributed by atoms with Crippen molar-refractivity contribution in [2.75, 3.05) is 44.2 Å². The fourth-order valence-electron chi connectivity index (χ4n) is 2.97. The van der Waals surface area contributed by atoms with Crippen LogP contribution < -0.4 is 10.2 Å². The highest BCUT2D eigenvalue weighted by molar-refractivity contribution is 5.94. The van der Waals surface area contributed by atoms with Gasteiger partial charge in [-0.05, 0) is 43.7 Å². The van der Waals surface area contributed by atoms with E-state index in [1.165, 1.54) is 6.07 Å². The van der Waals surface area contributed by atoms with E-state index >= 15 is 0 Å². The first-order valence-corrected chi connectivity index (χ1v) is 8.92. The number of hydrogen-bond donors (Lipinski definition) is 1. The zero-order chi connectivity index (χ0) is 18.4. The summed E-state index contributed by atoms with van der Waals surface area (Å²) in [7, 11) is 0. The Hall–Kier alpha value is -2.54. The van der Waals surface area contributed by atoms with Gasteiger partial charge in [-0.15, -0.1) is 0 Å². The van der Waals surface area contributed by atoms with E-state index in [9.17, 15) is 9.18 Å². The number of nitrogens with zero attached hydrogens (tertiary/aromatic N) is 4. The Bertz CT molecular complexity index is 732. The number of carbonyl (C=O) groups is 1. The van der Waals surface area contributed by atoms with Crippen LogP contribution in [0.15, 0.2) is 36.7 Å². The van der Waals surface area contributed by atoms with Gasteiger partial charge in [0.15, 0.2) is 0 Å². The lowest BCUT2D eigenvalue weighted by atomic mass is 10.1. The molecule has 7 heteroatoms. The monoisotopic (exact) mass is 357 g/mol. The van der Waals surface area contributed by atoms with Crippen molar-refractivity contribution in [2.24, 2.45) is 0 Å². The molecule has 1 N–H and O–H groups in total. The molecule has 1 saturated heterocycles. The minimum absolute atomic E-state index is 0.227. The first kappa shape index (κ1) is 18.3. The Morgan fingerprint density at radius 3 is 2.62 bits per heavy atom. The van der Waals surface area contributed by atoms with Crippen LogP contribution in [0.5, 0.6) is 0 Å². The molecule has 0 spiro atoms. The number of carbonyl (C=O) groups excluding carboxylic acids is 1. The molecule has 2 heterocycles. The fourth-order valence-corrected chi connectivity index (χ4v) is 2.97. The molecule has 138 valence electrons. The van der Waals surface area contributed by atoms with Gasteiger partial charge in [-0.25, -0.2) is 14.4 Å². The van der Waals surface area contributed by atoms with E-state index in [0.717, 1.165) is 45.1 Å². The first-order chi connectivity index (χ1) is 12.6. The molecule has 0 bridgehead atoms. The molecule has 1 aromatic carbocycles. The van der Waals surface area contributed by atoms with Crippen LogP contribution in [0.25, 0.3) is 0 Å². The van der Waals surface area contributed by atoms with Crippen LogP contribution in [0.4, 0.5) is 10.3 Å². The van der Waals surface area contributed by atoms with Gasteiger partial charge in [-0.2, -0.15) is 0 Å². The van der Waals surface area contributed by atoms with Crippen LogP contribution in [-0.2, 0) is 0 Å². The molecular weight excluding hydrogens is 333 g/mol. The quantitative estimate of drug-likeness (QED) is 0.800. The van der Waals surface area contributed by atoms with E-state index in [1.54, 1.807) is 31.5 Å². The highest BCUT2D eigenvalue weighted by atomic mass is 19.1. The molecule has 1 aliphatic rings. The van der Waals surface area contributed by atoms with E-state index in [4.69, 9.17) is 0 Å². The van der Waals surface area contributed by atoms with Crippen molar-refractivity contribution < 1.29 is 9.18 Å². The Labute approximate surface area is 153 Å². The van der Waals surface area contributed by atoms with Crippen LogP contribution in [0.1, 0.15) is 22.3 Å². The summed E-state index contributed by atoms with van der Waals surface area (Å²) >= 11 is 0. The molecule has 0 atom stereocenters. The SMILES string of the molecule is Cc1ccc(C(=O)NCCCN2CCN(c3ncccn3)CC2)cc1F. The predicted molar refractivity (Wildman–Crippen MR) is 98.8 cm³/mol. The number of amides is 1. The number of hydrogen-bond acceptors (Lipinski definition) is 5. The number of benzene rings is 1. The van der Waals surface area contributed by atoms with Gasteiger partial charge in [0.1, 0.15) is 5.82 Å². The Kier molecular flexibility index (Phi) is 6.12. The molecule has 1 aromatic heterocycles. The van der Waals surface area contributed by atoms with Crippen LogP contribution in [-0.4, -0.2) is 60.0 Å². The maximum absolute atomic E-state index is 13.5. The molecule has 0 aliphatic carbocycles. The smallest absolute Gasteiger partial charge is 0.251 e. The van der Waals surface area contributed by atoms with Gasteiger partial charge >= 0.3 is 0 Å². The predicted octanol–water partition coefficient (Wildman–Crippen LogP) is 1.87. The highest BCUT2D eigenvalue weighted by Gasteiger charge is 2.18. The molecule has 1 aliphatic heterocycles.